The van der Waals surface area contributed by atoms with Gasteiger partial charge in [-0.1, -0.05) is 140 Å². The number of fused-ring (bicyclic) bond motifs is 5. The molecular weight excluding hydrogens is 741 g/mol. The summed E-state index contributed by atoms with van der Waals surface area (Å²) in [6, 6.07) is 45.3. The monoisotopic (exact) mass is 788 g/mol. The average molecular weight is 789 g/mol. The molecule has 0 radical (unpaired) electrons. The molecule has 4 nitrogen and oxygen atoms in total. The van der Waals surface area contributed by atoms with E-state index in [-0.39, 0.29) is 23.4 Å². The van der Waals surface area contributed by atoms with E-state index in [9.17, 15) is 10.5 Å². The maximum Gasteiger partial charge on any atom is 0.101 e. The van der Waals surface area contributed by atoms with Crippen LogP contribution >= 0.6 is 0 Å². The molecule has 0 spiro atoms. The van der Waals surface area contributed by atoms with E-state index in [0.717, 1.165) is 41.8 Å². The summed E-state index contributed by atoms with van der Waals surface area (Å²) in [5.41, 5.74) is 14.3. The minimum Gasteiger partial charge on any atom is -0.334 e. The molecule has 5 unspecified atom stereocenters. The number of benzene rings is 5. The van der Waals surface area contributed by atoms with Crippen molar-refractivity contribution in [3.05, 3.63) is 204 Å². The van der Waals surface area contributed by atoms with Gasteiger partial charge in [-0.2, -0.15) is 10.5 Å². The third-order valence-electron chi connectivity index (χ3n) is 14.4. The van der Waals surface area contributed by atoms with E-state index in [1.807, 2.05) is 18.2 Å². The summed E-state index contributed by atoms with van der Waals surface area (Å²) in [6.07, 6.45) is 33.3. The molecule has 0 N–H and O–H groups in total. The summed E-state index contributed by atoms with van der Waals surface area (Å²) in [7, 11) is 0. The Hall–Kier alpha value is -6.88. The maximum absolute atomic E-state index is 10.6. The van der Waals surface area contributed by atoms with Crippen LogP contribution in [-0.4, -0.2) is 12.1 Å². The Labute approximate surface area is 360 Å². The van der Waals surface area contributed by atoms with Gasteiger partial charge in [-0.3, -0.25) is 0 Å². The van der Waals surface area contributed by atoms with Gasteiger partial charge in [0.1, 0.15) is 6.07 Å². The number of rotatable bonds is 6. The molecule has 4 aliphatic carbocycles. The Bertz CT molecular complexity index is 2790. The molecule has 2 heterocycles. The number of nitrogens with zero attached hydrogens (tertiary/aromatic N) is 4. The lowest BCUT2D eigenvalue weighted by Gasteiger charge is -2.54. The van der Waals surface area contributed by atoms with Gasteiger partial charge in [0, 0.05) is 39.5 Å². The minimum absolute atomic E-state index is 0.0237. The molecule has 11 rings (SSSR count). The number of nitriles is 2. The van der Waals surface area contributed by atoms with E-state index in [0.29, 0.717) is 23.0 Å². The SMILES string of the molecule is N#CC1=CC2c3ccccc3N(c3c(C#N)cccc3-c3ccc(-c4ccc5c(c4)C(C4C=CCCC4)(C4C=CCCC4)c4ccccc4N5C4C=CC=CC4)cc3)C2C=C1. The summed E-state index contributed by atoms with van der Waals surface area (Å²) < 4.78 is 0. The van der Waals surface area contributed by atoms with E-state index in [4.69, 9.17) is 0 Å². The summed E-state index contributed by atoms with van der Waals surface area (Å²) in [5, 5.41) is 20.4. The van der Waals surface area contributed by atoms with Gasteiger partial charge in [0.25, 0.3) is 0 Å². The fourth-order valence-electron chi connectivity index (χ4n) is 11.8. The van der Waals surface area contributed by atoms with Gasteiger partial charge in [-0.05, 0) is 127 Å². The fraction of sp³-hybridized carbons (Fsp3) is 0.228. The van der Waals surface area contributed by atoms with Crippen LogP contribution in [-0.2, 0) is 5.41 Å². The number of hydrogen-bond donors (Lipinski definition) is 0. The first kappa shape index (κ1) is 37.1. The zero-order valence-corrected chi connectivity index (χ0v) is 34.4. The number of allylic oxidation sites excluding steroid dienone is 8. The first-order valence-corrected chi connectivity index (χ1v) is 22.2. The number of hydrogen-bond acceptors (Lipinski definition) is 4. The Morgan fingerprint density at radius 2 is 1.31 bits per heavy atom. The Kier molecular flexibility index (Phi) is 9.32. The molecular formula is C57H48N4. The van der Waals surface area contributed by atoms with Crippen molar-refractivity contribution < 1.29 is 0 Å². The van der Waals surface area contributed by atoms with Crippen LogP contribution in [0.5, 0.6) is 0 Å². The molecule has 4 heteroatoms. The van der Waals surface area contributed by atoms with Crippen LogP contribution in [0.1, 0.15) is 73.1 Å². The normalized spacial score (nSPS) is 25.5. The standard InChI is InChI=1S/C57H48N4/c58-37-39-27-33-53-49(35-39)48-22-10-12-25-52(48)61(53)56-43(38-59)15-14-23-47(56)41-30-28-40(29-31-41)42-32-34-55-51(36-42)57(44-16-4-1-5-17-44,45-18-6-2-7-19-45)50-24-11-13-26-54(50)60(55)46-20-8-3-9-21-46/h3-4,6,8-16,18,20,22-36,44-46,49,53H,1-2,5,7,17,19,21H2. The lowest BCUT2D eigenvalue weighted by Crippen LogP contribution is -2.49. The van der Waals surface area contributed by atoms with E-state index >= 15 is 0 Å². The molecule has 0 amide bonds. The first-order chi connectivity index (χ1) is 30.2. The van der Waals surface area contributed by atoms with Gasteiger partial charge >= 0.3 is 0 Å². The summed E-state index contributed by atoms with van der Waals surface area (Å²) in [5.74, 6) is 0.797. The predicted octanol–water partition coefficient (Wildman–Crippen LogP) is 13.9. The van der Waals surface area contributed by atoms with Crippen molar-refractivity contribution in [1.29, 1.82) is 10.5 Å². The highest BCUT2D eigenvalue weighted by Gasteiger charge is 2.52. The van der Waals surface area contributed by atoms with Crippen molar-refractivity contribution in [3.63, 3.8) is 0 Å². The molecule has 0 bridgehead atoms. The summed E-state index contributed by atoms with van der Waals surface area (Å²) >= 11 is 0. The minimum atomic E-state index is -0.201. The van der Waals surface area contributed by atoms with Gasteiger partial charge < -0.3 is 9.80 Å². The predicted molar refractivity (Wildman–Crippen MR) is 249 cm³/mol. The van der Waals surface area contributed by atoms with Gasteiger partial charge in [0.15, 0.2) is 0 Å². The molecule has 0 aromatic heterocycles. The highest BCUT2D eigenvalue weighted by atomic mass is 15.2. The molecule has 5 atom stereocenters. The number of anilines is 4. The van der Waals surface area contributed by atoms with Crippen molar-refractivity contribution in [2.75, 3.05) is 9.80 Å². The van der Waals surface area contributed by atoms with Crippen molar-refractivity contribution in [2.45, 2.75) is 68.4 Å². The van der Waals surface area contributed by atoms with Gasteiger partial charge in [-0.15, -0.1) is 0 Å². The molecule has 2 aliphatic heterocycles. The molecule has 61 heavy (non-hydrogen) atoms. The largest absolute Gasteiger partial charge is 0.334 e. The van der Waals surface area contributed by atoms with Crippen molar-refractivity contribution in [3.8, 4) is 34.4 Å². The average Bonchev–Trinajstić information content (AvgIpc) is 3.66. The van der Waals surface area contributed by atoms with E-state index < -0.39 is 0 Å². The topological polar surface area (TPSA) is 54.1 Å². The summed E-state index contributed by atoms with van der Waals surface area (Å²) in [4.78, 5) is 4.96. The lowest BCUT2D eigenvalue weighted by molar-refractivity contribution is 0.247. The zero-order valence-electron chi connectivity index (χ0n) is 34.4. The van der Waals surface area contributed by atoms with Crippen molar-refractivity contribution in [2.24, 2.45) is 11.8 Å². The Morgan fingerprint density at radius 3 is 2.03 bits per heavy atom. The third-order valence-corrected chi connectivity index (χ3v) is 14.4. The van der Waals surface area contributed by atoms with E-state index in [2.05, 4.69) is 180 Å². The van der Waals surface area contributed by atoms with Crippen LogP contribution in [0.15, 0.2) is 182 Å². The maximum atomic E-state index is 10.6. The van der Waals surface area contributed by atoms with E-state index in [1.165, 1.54) is 64.9 Å². The van der Waals surface area contributed by atoms with Gasteiger partial charge in [0.05, 0.1) is 29.4 Å². The van der Waals surface area contributed by atoms with Crippen LogP contribution in [0, 0.1) is 34.5 Å². The Balaban J connectivity index is 1.05. The highest BCUT2D eigenvalue weighted by molar-refractivity contribution is 5.91. The molecule has 0 saturated carbocycles. The molecule has 296 valence electrons. The van der Waals surface area contributed by atoms with Crippen LogP contribution in [0.4, 0.5) is 22.7 Å². The molecule has 6 aliphatic rings. The molecule has 0 saturated heterocycles. The van der Waals surface area contributed by atoms with Crippen LogP contribution in [0.2, 0.25) is 0 Å². The molecule has 5 aromatic rings. The lowest BCUT2D eigenvalue weighted by atomic mass is 9.53. The fourth-order valence-corrected chi connectivity index (χ4v) is 11.8. The second-order valence-corrected chi connectivity index (χ2v) is 17.5. The zero-order chi connectivity index (χ0) is 40.9. The third kappa shape index (κ3) is 5.92. The van der Waals surface area contributed by atoms with Crippen LogP contribution in [0.3, 0.4) is 0 Å². The second kappa shape index (κ2) is 15.3. The quantitative estimate of drug-likeness (QED) is 0.161. The summed E-state index contributed by atoms with van der Waals surface area (Å²) in [6.45, 7) is 0. The van der Waals surface area contributed by atoms with Gasteiger partial charge in [-0.25, -0.2) is 0 Å². The smallest absolute Gasteiger partial charge is 0.101 e. The highest BCUT2D eigenvalue weighted by Crippen LogP contribution is 2.61. The van der Waals surface area contributed by atoms with Crippen LogP contribution in [0.25, 0.3) is 22.3 Å². The first-order valence-electron chi connectivity index (χ1n) is 22.2. The number of para-hydroxylation sites is 3. The molecule has 0 fully saturated rings. The Morgan fingerprint density at radius 1 is 0.590 bits per heavy atom. The van der Waals surface area contributed by atoms with Crippen LogP contribution < -0.4 is 9.80 Å². The van der Waals surface area contributed by atoms with Crippen molar-refractivity contribution >= 4 is 22.7 Å². The van der Waals surface area contributed by atoms with E-state index in [1.54, 1.807) is 0 Å². The van der Waals surface area contributed by atoms with Crippen molar-refractivity contribution in [1.82, 2.24) is 0 Å². The van der Waals surface area contributed by atoms with Gasteiger partial charge in [0.2, 0.25) is 0 Å². The molecule has 5 aromatic carbocycles. The second-order valence-electron chi connectivity index (χ2n) is 17.5.